The Morgan fingerprint density at radius 3 is 2.70 bits per heavy atom. The molecule has 2 aromatic rings. The van der Waals surface area contributed by atoms with Crippen LogP contribution in [0.4, 0.5) is 5.69 Å². The van der Waals surface area contributed by atoms with Gasteiger partial charge in [0, 0.05) is 6.20 Å². The first-order chi connectivity index (χ1) is 9.52. The van der Waals surface area contributed by atoms with Crippen LogP contribution >= 0.6 is 15.9 Å². The van der Waals surface area contributed by atoms with Gasteiger partial charge in [-0.05, 0) is 39.7 Å². The number of aromatic nitrogens is 1. The summed E-state index contributed by atoms with van der Waals surface area (Å²) in [6.07, 6.45) is 1.55. The Hall–Kier alpha value is -1.91. The van der Waals surface area contributed by atoms with Crippen molar-refractivity contribution in [3.8, 4) is 6.07 Å². The van der Waals surface area contributed by atoms with Crippen molar-refractivity contribution in [1.82, 2.24) is 4.98 Å². The second-order valence-electron chi connectivity index (χ2n) is 3.97. The molecule has 0 amide bonds. The molecule has 2 rings (SSSR count). The fourth-order valence-electron chi connectivity index (χ4n) is 1.63. The normalized spacial score (nSPS) is 10.8. The minimum absolute atomic E-state index is 0.266. The molecule has 0 bridgehead atoms. The summed E-state index contributed by atoms with van der Waals surface area (Å²) in [5.74, 6) is -0.266. The van der Waals surface area contributed by atoms with Crippen LogP contribution in [0.5, 0.6) is 0 Å². The number of rotatable bonds is 4. The highest BCUT2D eigenvalue weighted by Gasteiger charge is 2.15. The summed E-state index contributed by atoms with van der Waals surface area (Å²) in [6.45, 7) is 0. The van der Waals surface area contributed by atoms with Crippen molar-refractivity contribution < 1.29 is 8.42 Å². The maximum Gasteiger partial charge on any atom is 0.237 e. The number of hydrogen-bond acceptors (Lipinski definition) is 4. The van der Waals surface area contributed by atoms with Gasteiger partial charge in [0.1, 0.15) is 4.60 Å². The molecule has 0 aliphatic carbocycles. The fraction of sp³-hybridized carbons (Fsp3) is 0.0769. The molecule has 0 saturated heterocycles. The molecule has 1 aromatic carbocycles. The lowest BCUT2D eigenvalue weighted by Crippen LogP contribution is -2.16. The zero-order chi connectivity index (χ0) is 14.6. The van der Waals surface area contributed by atoms with E-state index in [0.29, 0.717) is 21.4 Å². The third kappa shape index (κ3) is 3.56. The summed E-state index contributed by atoms with van der Waals surface area (Å²) < 4.78 is 27.1. The number of benzene rings is 1. The lowest BCUT2D eigenvalue weighted by atomic mass is 10.1. The molecule has 1 heterocycles. The smallest absolute Gasteiger partial charge is 0.237 e. The standard InChI is InChI=1S/C13H10BrN3O2S/c14-13-12(6-3-7-16-13)17-20(18,19)9-11-5-2-1-4-10(11)8-15/h1-7,17H,9H2. The van der Waals surface area contributed by atoms with Crippen LogP contribution in [0.3, 0.4) is 0 Å². The van der Waals surface area contributed by atoms with E-state index in [4.69, 9.17) is 5.26 Å². The molecule has 0 unspecified atom stereocenters. The van der Waals surface area contributed by atoms with Gasteiger partial charge < -0.3 is 0 Å². The van der Waals surface area contributed by atoms with Crippen LogP contribution in [0.2, 0.25) is 0 Å². The van der Waals surface area contributed by atoms with E-state index in [2.05, 4.69) is 25.6 Å². The van der Waals surface area contributed by atoms with Gasteiger partial charge in [-0.25, -0.2) is 13.4 Å². The number of nitrogens with one attached hydrogen (secondary N) is 1. The topological polar surface area (TPSA) is 82.8 Å². The predicted molar refractivity (Wildman–Crippen MR) is 79.3 cm³/mol. The Kier molecular flexibility index (Phi) is 4.37. The molecule has 0 fully saturated rings. The largest absolute Gasteiger partial charge is 0.281 e. The quantitative estimate of drug-likeness (QED) is 0.858. The molecule has 1 N–H and O–H groups in total. The number of pyridine rings is 1. The Labute approximate surface area is 125 Å². The van der Waals surface area contributed by atoms with Gasteiger partial charge in [0.25, 0.3) is 0 Å². The zero-order valence-corrected chi connectivity index (χ0v) is 12.6. The van der Waals surface area contributed by atoms with Gasteiger partial charge in [-0.1, -0.05) is 18.2 Å². The van der Waals surface area contributed by atoms with E-state index in [1.165, 1.54) is 0 Å². The highest BCUT2D eigenvalue weighted by Crippen LogP contribution is 2.21. The Balaban J connectivity index is 2.25. The van der Waals surface area contributed by atoms with E-state index < -0.39 is 10.0 Å². The van der Waals surface area contributed by atoms with E-state index in [1.54, 1.807) is 42.6 Å². The second-order valence-corrected chi connectivity index (χ2v) is 6.45. The summed E-state index contributed by atoms with van der Waals surface area (Å²) >= 11 is 3.17. The highest BCUT2D eigenvalue weighted by molar-refractivity contribution is 9.10. The van der Waals surface area contributed by atoms with Crippen molar-refractivity contribution in [1.29, 1.82) is 5.26 Å². The number of anilines is 1. The third-order valence-corrected chi connectivity index (χ3v) is 4.36. The molecule has 0 radical (unpaired) electrons. The average Bonchev–Trinajstić information content (AvgIpc) is 2.41. The van der Waals surface area contributed by atoms with Gasteiger partial charge in [0.05, 0.1) is 23.1 Å². The minimum Gasteiger partial charge on any atom is -0.281 e. The first kappa shape index (κ1) is 14.5. The maximum atomic E-state index is 12.1. The molecule has 0 aliphatic heterocycles. The van der Waals surface area contributed by atoms with Crippen molar-refractivity contribution in [2.45, 2.75) is 5.75 Å². The van der Waals surface area contributed by atoms with Crippen molar-refractivity contribution in [2.75, 3.05) is 4.72 Å². The molecule has 102 valence electrons. The van der Waals surface area contributed by atoms with E-state index in [1.807, 2.05) is 6.07 Å². The second kappa shape index (κ2) is 6.03. The van der Waals surface area contributed by atoms with Crippen LogP contribution in [0, 0.1) is 11.3 Å². The van der Waals surface area contributed by atoms with Crippen LogP contribution in [0.25, 0.3) is 0 Å². The summed E-state index contributed by atoms with van der Waals surface area (Å²) in [5.41, 5.74) is 1.17. The van der Waals surface area contributed by atoms with Crippen LogP contribution in [-0.2, 0) is 15.8 Å². The number of halogens is 1. The average molecular weight is 352 g/mol. The zero-order valence-electron chi connectivity index (χ0n) is 10.2. The molecule has 0 spiro atoms. The SMILES string of the molecule is N#Cc1ccccc1CS(=O)(=O)Nc1cccnc1Br. The summed E-state index contributed by atoms with van der Waals surface area (Å²) in [5, 5.41) is 8.97. The molecular formula is C13H10BrN3O2S. The van der Waals surface area contributed by atoms with Gasteiger partial charge in [0.15, 0.2) is 0 Å². The molecular weight excluding hydrogens is 342 g/mol. The number of nitriles is 1. The molecule has 5 nitrogen and oxygen atoms in total. The lowest BCUT2D eigenvalue weighted by molar-refractivity contribution is 0.600. The van der Waals surface area contributed by atoms with Gasteiger partial charge in [0.2, 0.25) is 10.0 Å². The monoisotopic (exact) mass is 351 g/mol. The molecule has 0 saturated carbocycles. The van der Waals surface area contributed by atoms with Crippen LogP contribution in [0.1, 0.15) is 11.1 Å². The maximum absolute atomic E-state index is 12.1. The van der Waals surface area contributed by atoms with Gasteiger partial charge >= 0.3 is 0 Å². The van der Waals surface area contributed by atoms with E-state index in [-0.39, 0.29) is 5.75 Å². The predicted octanol–water partition coefficient (Wildman–Crippen LogP) is 2.66. The molecule has 20 heavy (non-hydrogen) atoms. The molecule has 0 aliphatic rings. The highest BCUT2D eigenvalue weighted by atomic mass is 79.9. The number of sulfonamides is 1. The Morgan fingerprint density at radius 2 is 2.00 bits per heavy atom. The number of hydrogen-bond donors (Lipinski definition) is 1. The fourth-order valence-corrected chi connectivity index (χ4v) is 3.34. The number of nitrogens with zero attached hydrogens (tertiary/aromatic N) is 2. The molecule has 0 atom stereocenters. The van der Waals surface area contributed by atoms with Gasteiger partial charge in [-0.15, -0.1) is 0 Å². The third-order valence-electron chi connectivity index (χ3n) is 2.51. The summed E-state index contributed by atoms with van der Waals surface area (Å²) in [4.78, 5) is 3.94. The minimum atomic E-state index is -3.61. The van der Waals surface area contributed by atoms with Crippen molar-refractivity contribution in [3.63, 3.8) is 0 Å². The van der Waals surface area contributed by atoms with E-state index in [0.717, 1.165) is 0 Å². The van der Waals surface area contributed by atoms with Crippen LogP contribution in [0.15, 0.2) is 47.2 Å². The van der Waals surface area contributed by atoms with E-state index in [9.17, 15) is 8.42 Å². The van der Waals surface area contributed by atoms with Gasteiger partial charge in [-0.3, -0.25) is 4.72 Å². The van der Waals surface area contributed by atoms with Gasteiger partial charge in [-0.2, -0.15) is 5.26 Å². The molecule has 1 aromatic heterocycles. The first-order valence-corrected chi connectivity index (χ1v) is 8.05. The summed E-state index contributed by atoms with van der Waals surface area (Å²) in [7, 11) is -3.61. The first-order valence-electron chi connectivity index (χ1n) is 5.61. The van der Waals surface area contributed by atoms with Crippen LogP contribution in [-0.4, -0.2) is 13.4 Å². The van der Waals surface area contributed by atoms with E-state index >= 15 is 0 Å². The Morgan fingerprint density at radius 1 is 1.25 bits per heavy atom. The Bertz CT molecular complexity index is 769. The van der Waals surface area contributed by atoms with Crippen molar-refractivity contribution in [3.05, 3.63) is 58.3 Å². The summed E-state index contributed by atoms with van der Waals surface area (Å²) in [6, 6.07) is 11.8. The van der Waals surface area contributed by atoms with Crippen molar-refractivity contribution >= 4 is 31.6 Å². The van der Waals surface area contributed by atoms with Crippen molar-refractivity contribution in [2.24, 2.45) is 0 Å². The lowest BCUT2D eigenvalue weighted by Gasteiger charge is -2.09. The van der Waals surface area contributed by atoms with Crippen LogP contribution < -0.4 is 4.72 Å². The molecule has 7 heteroatoms.